The lowest BCUT2D eigenvalue weighted by Gasteiger charge is -2.30. The van der Waals surface area contributed by atoms with E-state index in [9.17, 15) is 9.59 Å². The highest BCUT2D eigenvalue weighted by Crippen LogP contribution is 2.35. The normalized spacial score (nSPS) is 15.7. The molecule has 1 amide bonds. The van der Waals surface area contributed by atoms with Crippen molar-refractivity contribution in [3.05, 3.63) is 51.5 Å². The van der Waals surface area contributed by atoms with E-state index < -0.39 is 5.25 Å². The highest BCUT2D eigenvalue weighted by molar-refractivity contribution is 8.00. The molecular formula is C18H19ClN6O2S. The van der Waals surface area contributed by atoms with Crippen LogP contribution in [0.4, 0.5) is 0 Å². The van der Waals surface area contributed by atoms with Crippen molar-refractivity contribution >= 4 is 40.2 Å². The highest BCUT2D eigenvalue weighted by atomic mass is 35.5. The quantitative estimate of drug-likeness (QED) is 0.493. The summed E-state index contributed by atoms with van der Waals surface area (Å²) in [4.78, 5) is 32.4. The molecule has 3 aromatic rings. The summed E-state index contributed by atoms with van der Waals surface area (Å²) < 4.78 is 1.46. The number of fused-ring (bicyclic) bond motifs is 1. The zero-order valence-electron chi connectivity index (χ0n) is 15.2. The second kappa shape index (κ2) is 7.94. The van der Waals surface area contributed by atoms with E-state index in [4.69, 9.17) is 11.6 Å². The fourth-order valence-electron chi connectivity index (χ4n) is 3.14. The Morgan fingerprint density at radius 3 is 2.79 bits per heavy atom. The van der Waals surface area contributed by atoms with E-state index in [2.05, 4.69) is 20.5 Å². The molecule has 1 aliphatic heterocycles. The van der Waals surface area contributed by atoms with E-state index in [1.807, 2.05) is 4.90 Å². The zero-order valence-corrected chi connectivity index (χ0v) is 16.8. The number of carbonyl (C=O) groups excluding carboxylic acids is 1. The Balaban J connectivity index is 1.72. The van der Waals surface area contributed by atoms with Crippen molar-refractivity contribution in [1.29, 1.82) is 0 Å². The lowest BCUT2D eigenvalue weighted by Crippen LogP contribution is -2.47. The van der Waals surface area contributed by atoms with Crippen molar-refractivity contribution in [2.75, 3.05) is 26.2 Å². The van der Waals surface area contributed by atoms with Gasteiger partial charge in [0.25, 0.3) is 5.56 Å². The number of aromatic nitrogens is 4. The van der Waals surface area contributed by atoms with Gasteiger partial charge in [-0.15, -0.1) is 0 Å². The van der Waals surface area contributed by atoms with Gasteiger partial charge in [0.05, 0.1) is 16.6 Å². The fourth-order valence-corrected chi connectivity index (χ4v) is 4.43. The Morgan fingerprint density at radius 2 is 2.07 bits per heavy atom. The third kappa shape index (κ3) is 3.65. The SMILES string of the molecule is Cn1c(SC(C(=O)N2CCNCC2)c2ccn[nH]2)nc2ccc(Cl)cc2c1=O. The van der Waals surface area contributed by atoms with Crippen molar-refractivity contribution in [3.8, 4) is 0 Å². The second-order valence-electron chi connectivity index (χ2n) is 6.51. The topological polar surface area (TPSA) is 95.9 Å². The maximum absolute atomic E-state index is 13.2. The smallest absolute Gasteiger partial charge is 0.261 e. The molecule has 4 rings (SSSR count). The predicted octanol–water partition coefficient (Wildman–Crippen LogP) is 1.58. The summed E-state index contributed by atoms with van der Waals surface area (Å²) >= 11 is 7.26. The Hall–Kier alpha value is -2.36. The van der Waals surface area contributed by atoms with E-state index in [0.717, 1.165) is 13.1 Å². The van der Waals surface area contributed by atoms with Gasteiger partial charge in [-0.3, -0.25) is 19.3 Å². The van der Waals surface area contributed by atoms with Crippen LogP contribution in [0.3, 0.4) is 0 Å². The lowest BCUT2D eigenvalue weighted by atomic mass is 10.2. The minimum absolute atomic E-state index is 0.0267. The molecule has 1 aliphatic rings. The molecule has 0 saturated carbocycles. The first-order valence-electron chi connectivity index (χ1n) is 8.86. The summed E-state index contributed by atoms with van der Waals surface area (Å²) in [6.45, 7) is 2.82. The summed E-state index contributed by atoms with van der Waals surface area (Å²) in [6.07, 6.45) is 1.61. The summed E-state index contributed by atoms with van der Waals surface area (Å²) in [5, 5.41) is 10.9. The number of thioether (sulfide) groups is 1. The van der Waals surface area contributed by atoms with E-state index in [1.165, 1.54) is 16.3 Å². The third-order valence-corrected chi connectivity index (χ3v) is 6.18. The molecule has 1 atom stereocenters. The molecule has 2 N–H and O–H groups in total. The van der Waals surface area contributed by atoms with Gasteiger partial charge in [0.2, 0.25) is 5.91 Å². The van der Waals surface area contributed by atoms with Crippen LogP contribution >= 0.6 is 23.4 Å². The summed E-state index contributed by atoms with van der Waals surface area (Å²) in [5.41, 5.74) is 1.03. The molecule has 3 heterocycles. The Bertz CT molecular complexity index is 1060. The number of rotatable bonds is 4. The number of nitrogens with zero attached hydrogens (tertiary/aromatic N) is 4. The summed E-state index contributed by atoms with van der Waals surface area (Å²) in [6, 6.07) is 6.80. The number of nitrogens with one attached hydrogen (secondary N) is 2. The van der Waals surface area contributed by atoms with Crippen LogP contribution in [0.5, 0.6) is 0 Å². The minimum Gasteiger partial charge on any atom is -0.339 e. The number of benzene rings is 1. The van der Waals surface area contributed by atoms with Gasteiger partial charge in [-0.25, -0.2) is 4.98 Å². The molecule has 2 aromatic heterocycles. The summed E-state index contributed by atoms with van der Waals surface area (Å²) in [5.74, 6) is -0.0267. The third-order valence-electron chi connectivity index (χ3n) is 4.68. The van der Waals surface area contributed by atoms with Crippen molar-refractivity contribution in [2.24, 2.45) is 7.05 Å². The molecule has 10 heteroatoms. The Kier molecular flexibility index (Phi) is 5.38. The molecule has 1 unspecified atom stereocenters. The predicted molar refractivity (Wildman–Crippen MR) is 109 cm³/mol. The van der Waals surface area contributed by atoms with Crippen LogP contribution in [0.25, 0.3) is 10.9 Å². The van der Waals surface area contributed by atoms with Crippen molar-refractivity contribution in [3.63, 3.8) is 0 Å². The van der Waals surface area contributed by atoms with Crippen LogP contribution in [0.1, 0.15) is 10.9 Å². The standard InChI is InChI=1S/C18H19ClN6O2S/c1-24-16(26)12-10-11(19)2-3-13(12)22-18(24)28-15(14-4-5-21-23-14)17(27)25-8-6-20-7-9-25/h2-5,10,15,20H,6-9H2,1H3,(H,21,23). The molecule has 0 spiro atoms. The monoisotopic (exact) mass is 418 g/mol. The lowest BCUT2D eigenvalue weighted by molar-refractivity contribution is -0.131. The Morgan fingerprint density at radius 1 is 1.29 bits per heavy atom. The highest BCUT2D eigenvalue weighted by Gasteiger charge is 2.30. The maximum atomic E-state index is 13.2. The van der Waals surface area contributed by atoms with E-state index in [1.54, 1.807) is 37.5 Å². The number of aromatic amines is 1. The van der Waals surface area contributed by atoms with Crippen LogP contribution in [-0.4, -0.2) is 56.7 Å². The average Bonchev–Trinajstić information content (AvgIpc) is 3.25. The summed E-state index contributed by atoms with van der Waals surface area (Å²) in [7, 11) is 1.65. The van der Waals surface area contributed by atoms with Gasteiger partial charge in [0.1, 0.15) is 5.25 Å². The van der Waals surface area contributed by atoms with Crippen LogP contribution in [0.15, 0.2) is 40.4 Å². The molecule has 8 nitrogen and oxygen atoms in total. The molecule has 1 fully saturated rings. The molecule has 1 aromatic carbocycles. The van der Waals surface area contributed by atoms with Crippen molar-refractivity contribution in [1.82, 2.24) is 30.0 Å². The van der Waals surface area contributed by atoms with Gasteiger partial charge >= 0.3 is 0 Å². The molecule has 0 bridgehead atoms. The number of carbonyl (C=O) groups is 1. The maximum Gasteiger partial charge on any atom is 0.261 e. The largest absolute Gasteiger partial charge is 0.339 e. The average molecular weight is 419 g/mol. The Labute approximate surface area is 170 Å². The van der Waals surface area contributed by atoms with E-state index in [-0.39, 0.29) is 11.5 Å². The van der Waals surface area contributed by atoms with Crippen molar-refractivity contribution in [2.45, 2.75) is 10.4 Å². The molecule has 0 aliphatic carbocycles. The van der Waals surface area contributed by atoms with E-state index >= 15 is 0 Å². The fraction of sp³-hybridized carbons (Fsp3) is 0.333. The second-order valence-corrected chi connectivity index (χ2v) is 8.01. The molecule has 146 valence electrons. The van der Waals surface area contributed by atoms with Gasteiger partial charge in [0, 0.05) is 44.4 Å². The van der Waals surface area contributed by atoms with Crippen LogP contribution in [0, 0.1) is 0 Å². The minimum atomic E-state index is -0.566. The molecule has 0 radical (unpaired) electrons. The van der Waals surface area contributed by atoms with Gasteiger partial charge in [-0.05, 0) is 24.3 Å². The first-order valence-corrected chi connectivity index (χ1v) is 10.1. The number of halogens is 1. The molecule has 28 heavy (non-hydrogen) atoms. The first kappa shape index (κ1) is 19.0. The first-order chi connectivity index (χ1) is 13.5. The van der Waals surface area contributed by atoms with Crippen molar-refractivity contribution < 1.29 is 4.79 Å². The molecular weight excluding hydrogens is 400 g/mol. The molecule has 1 saturated heterocycles. The number of piperazine rings is 1. The number of H-pyrrole nitrogens is 1. The van der Waals surface area contributed by atoms with Crippen LogP contribution in [-0.2, 0) is 11.8 Å². The number of amides is 1. The van der Waals surface area contributed by atoms with Crippen LogP contribution in [0.2, 0.25) is 5.02 Å². The van der Waals surface area contributed by atoms with E-state index in [0.29, 0.717) is 39.9 Å². The number of hydrogen-bond acceptors (Lipinski definition) is 6. The van der Waals surface area contributed by atoms with Gasteiger partial charge in [0.15, 0.2) is 5.16 Å². The van der Waals surface area contributed by atoms with Crippen LogP contribution < -0.4 is 10.9 Å². The van der Waals surface area contributed by atoms with Gasteiger partial charge < -0.3 is 10.2 Å². The van der Waals surface area contributed by atoms with Gasteiger partial charge in [-0.2, -0.15) is 5.10 Å². The number of hydrogen-bond donors (Lipinski definition) is 2. The zero-order chi connectivity index (χ0) is 19.7. The van der Waals surface area contributed by atoms with Gasteiger partial charge in [-0.1, -0.05) is 23.4 Å².